The fourth-order valence-corrected chi connectivity index (χ4v) is 2.84. The monoisotopic (exact) mass is 359 g/mol. The number of Topliss-reactive ketones (excluding diaryl/α,β-unsaturated/α-hetero) is 1. The fraction of sp³-hybridized carbons (Fsp3) is 0.300. The molecule has 132 valence electrons. The first-order valence-electron chi connectivity index (χ1n) is 8.10. The largest absolute Gasteiger partial charge is 0.493 e. The van der Waals surface area contributed by atoms with E-state index in [2.05, 4.69) is 18.8 Å². The number of carbonyl (C=O) groups is 1. The molecule has 0 aliphatic heterocycles. The summed E-state index contributed by atoms with van der Waals surface area (Å²) in [4.78, 5) is 16.7. The minimum atomic E-state index is 0. The number of aromatic nitrogens is 1. The summed E-state index contributed by atoms with van der Waals surface area (Å²) in [6.45, 7) is 4.28. The van der Waals surface area contributed by atoms with Crippen molar-refractivity contribution in [1.29, 1.82) is 0 Å². The zero-order chi connectivity index (χ0) is 17.1. The average Bonchev–Trinajstić information content (AvgIpc) is 2.97. The molecular formula is C20H22ClNO3. The van der Waals surface area contributed by atoms with Crippen molar-refractivity contribution in [3.05, 3.63) is 59.6 Å². The Bertz CT molecular complexity index is 856. The van der Waals surface area contributed by atoms with E-state index in [1.54, 1.807) is 25.6 Å². The van der Waals surface area contributed by atoms with Gasteiger partial charge >= 0.3 is 0 Å². The Morgan fingerprint density at radius 3 is 2.56 bits per heavy atom. The van der Waals surface area contributed by atoms with Crippen LogP contribution in [0.5, 0.6) is 5.75 Å². The summed E-state index contributed by atoms with van der Waals surface area (Å²) in [5, 5.41) is 0.823. The summed E-state index contributed by atoms with van der Waals surface area (Å²) < 4.78 is 11.3. The van der Waals surface area contributed by atoms with Gasteiger partial charge in [0.2, 0.25) is 0 Å². The van der Waals surface area contributed by atoms with E-state index in [1.165, 1.54) is 0 Å². The van der Waals surface area contributed by atoms with Crippen LogP contribution in [0.25, 0.3) is 11.0 Å². The number of halogens is 1. The molecule has 2 heterocycles. The zero-order valence-electron chi connectivity index (χ0n) is 14.6. The number of furan rings is 1. The number of benzene rings is 1. The molecule has 0 amide bonds. The number of carbonyl (C=O) groups excluding carboxylic acids is 1. The van der Waals surface area contributed by atoms with Crippen molar-refractivity contribution in [2.75, 3.05) is 7.11 Å². The van der Waals surface area contributed by atoms with E-state index in [0.717, 1.165) is 23.1 Å². The predicted octanol–water partition coefficient (Wildman–Crippen LogP) is 4.88. The van der Waals surface area contributed by atoms with Crippen LogP contribution >= 0.6 is 12.4 Å². The maximum atomic E-state index is 12.8. The molecular weight excluding hydrogens is 338 g/mol. The summed E-state index contributed by atoms with van der Waals surface area (Å²) >= 11 is 0. The Hall–Kier alpha value is -2.33. The molecule has 3 aromatic rings. The van der Waals surface area contributed by atoms with Crippen LogP contribution in [0.2, 0.25) is 0 Å². The van der Waals surface area contributed by atoms with Crippen LogP contribution in [-0.4, -0.2) is 17.9 Å². The van der Waals surface area contributed by atoms with E-state index in [-0.39, 0.29) is 18.2 Å². The number of nitrogens with zero attached hydrogens (tertiary/aromatic N) is 1. The van der Waals surface area contributed by atoms with Gasteiger partial charge in [-0.3, -0.25) is 9.78 Å². The molecule has 3 rings (SSSR count). The van der Waals surface area contributed by atoms with Crippen molar-refractivity contribution < 1.29 is 13.9 Å². The molecule has 0 bridgehead atoms. The highest BCUT2D eigenvalue weighted by Gasteiger charge is 2.18. The second kappa shape index (κ2) is 8.17. The Morgan fingerprint density at radius 2 is 1.92 bits per heavy atom. The standard InChI is InChI=1S/C20H21NO3.ClH/c1-13(2)10-15-12-17-16(4-5-19(23-3)20(17)24-15)18(22)11-14-6-8-21-9-7-14;/h4-9,12-13H,10-11H2,1-3H3;1H. The smallest absolute Gasteiger partial charge is 0.176 e. The van der Waals surface area contributed by atoms with E-state index in [0.29, 0.717) is 29.2 Å². The van der Waals surface area contributed by atoms with Crippen molar-refractivity contribution in [3.8, 4) is 5.75 Å². The number of hydrogen-bond donors (Lipinski definition) is 0. The molecule has 0 radical (unpaired) electrons. The first kappa shape index (κ1) is 19.0. The lowest BCUT2D eigenvalue weighted by Crippen LogP contribution is -2.04. The minimum absolute atomic E-state index is 0. The van der Waals surface area contributed by atoms with Gasteiger partial charge in [0, 0.05) is 36.2 Å². The van der Waals surface area contributed by atoms with Gasteiger partial charge in [0.05, 0.1) is 7.11 Å². The molecule has 0 N–H and O–H groups in total. The van der Waals surface area contributed by atoms with Gasteiger partial charge < -0.3 is 9.15 Å². The average molecular weight is 360 g/mol. The van der Waals surface area contributed by atoms with E-state index in [9.17, 15) is 4.79 Å². The highest BCUT2D eigenvalue weighted by molar-refractivity contribution is 6.09. The van der Waals surface area contributed by atoms with Crippen molar-refractivity contribution in [1.82, 2.24) is 4.98 Å². The summed E-state index contributed by atoms with van der Waals surface area (Å²) in [6, 6.07) is 9.30. The lowest BCUT2D eigenvalue weighted by molar-refractivity contribution is 0.0994. The Kier molecular flexibility index (Phi) is 6.21. The van der Waals surface area contributed by atoms with Crippen LogP contribution in [0.1, 0.15) is 35.5 Å². The Labute approximate surface area is 153 Å². The summed E-state index contributed by atoms with van der Waals surface area (Å²) in [6.07, 6.45) is 4.57. The molecule has 0 saturated carbocycles. The second-order valence-corrected chi connectivity index (χ2v) is 6.32. The van der Waals surface area contributed by atoms with E-state index >= 15 is 0 Å². The van der Waals surface area contributed by atoms with Gasteiger partial charge in [0.25, 0.3) is 0 Å². The molecule has 25 heavy (non-hydrogen) atoms. The number of rotatable bonds is 6. The van der Waals surface area contributed by atoms with Gasteiger partial charge in [0.1, 0.15) is 5.76 Å². The maximum absolute atomic E-state index is 12.8. The molecule has 0 saturated heterocycles. The van der Waals surface area contributed by atoms with Crippen molar-refractivity contribution in [2.45, 2.75) is 26.7 Å². The number of fused-ring (bicyclic) bond motifs is 1. The van der Waals surface area contributed by atoms with Crippen LogP contribution in [0.15, 0.2) is 47.1 Å². The molecule has 0 fully saturated rings. The molecule has 0 aliphatic carbocycles. The predicted molar refractivity (Wildman–Crippen MR) is 101 cm³/mol. The van der Waals surface area contributed by atoms with Crippen LogP contribution in [0, 0.1) is 5.92 Å². The number of pyridine rings is 1. The zero-order valence-corrected chi connectivity index (χ0v) is 15.4. The first-order chi connectivity index (χ1) is 11.6. The number of methoxy groups -OCH3 is 1. The van der Waals surface area contributed by atoms with E-state index < -0.39 is 0 Å². The highest BCUT2D eigenvalue weighted by Crippen LogP contribution is 2.33. The van der Waals surface area contributed by atoms with Crippen LogP contribution in [-0.2, 0) is 12.8 Å². The van der Waals surface area contributed by atoms with Crippen LogP contribution < -0.4 is 4.74 Å². The molecule has 0 unspecified atom stereocenters. The highest BCUT2D eigenvalue weighted by atomic mass is 35.5. The lowest BCUT2D eigenvalue weighted by atomic mass is 10.00. The van der Waals surface area contributed by atoms with Crippen LogP contribution in [0.3, 0.4) is 0 Å². The summed E-state index contributed by atoms with van der Waals surface area (Å²) in [7, 11) is 1.61. The molecule has 1 aromatic carbocycles. The summed E-state index contributed by atoms with van der Waals surface area (Å²) in [5.41, 5.74) is 2.26. The third-order valence-corrected chi connectivity index (χ3v) is 3.94. The SMILES string of the molecule is COc1ccc(C(=O)Cc2ccncc2)c2cc(CC(C)C)oc12.Cl. The normalized spacial score (nSPS) is 10.7. The molecule has 0 aliphatic rings. The van der Waals surface area contributed by atoms with E-state index in [1.807, 2.05) is 24.3 Å². The maximum Gasteiger partial charge on any atom is 0.176 e. The molecule has 0 atom stereocenters. The minimum Gasteiger partial charge on any atom is -0.493 e. The Balaban J connectivity index is 0.00000225. The Morgan fingerprint density at radius 1 is 1.20 bits per heavy atom. The molecule has 4 nitrogen and oxygen atoms in total. The van der Waals surface area contributed by atoms with Crippen molar-refractivity contribution in [2.24, 2.45) is 5.92 Å². The number of hydrogen-bond acceptors (Lipinski definition) is 4. The van der Waals surface area contributed by atoms with Gasteiger partial charge in [-0.15, -0.1) is 12.4 Å². The van der Waals surface area contributed by atoms with Crippen molar-refractivity contribution >= 4 is 29.2 Å². The fourth-order valence-electron chi connectivity index (χ4n) is 2.84. The number of ether oxygens (including phenoxy) is 1. The number of ketones is 1. The van der Waals surface area contributed by atoms with Crippen LogP contribution in [0.4, 0.5) is 0 Å². The van der Waals surface area contributed by atoms with Gasteiger partial charge in [-0.05, 0) is 41.8 Å². The lowest BCUT2D eigenvalue weighted by Gasteiger charge is -2.05. The topological polar surface area (TPSA) is 52.3 Å². The molecule has 2 aromatic heterocycles. The van der Waals surface area contributed by atoms with Gasteiger partial charge in [-0.2, -0.15) is 0 Å². The summed E-state index contributed by atoms with van der Waals surface area (Å²) in [5.74, 6) is 2.07. The third-order valence-electron chi connectivity index (χ3n) is 3.94. The third kappa shape index (κ3) is 4.20. The van der Waals surface area contributed by atoms with E-state index in [4.69, 9.17) is 9.15 Å². The van der Waals surface area contributed by atoms with Crippen molar-refractivity contribution in [3.63, 3.8) is 0 Å². The quantitative estimate of drug-likeness (QED) is 0.588. The van der Waals surface area contributed by atoms with Gasteiger partial charge in [-0.1, -0.05) is 13.8 Å². The molecule has 5 heteroatoms. The first-order valence-corrected chi connectivity index (χ1v) is 8.10. The van der Waals surface area contributed by atoms with Gasteiger partial charge in [0.15, 0.2) is 17.1 Å². The second-order valence-electron chi connectivity index (χ2n) is 6.32. The molecule has 0 spiro atoms. The van der Waals surface area contributed by atoms with Gasteiger partial charge in [-0.25, -0.2) is 0 Å².